The topological polar surface area (TPSA) is 57.0 Å². The van der Waals surface area contributed by atoms with Crippen molar-refractivity contribution >= 4 is 22.8 Å². The second kappa shape index (κ2) is 7.14. The smallest absolute Gasteiger partial charge is 0.159 e. The molecule has 1 aromatic heterocycles. The number of hydrogen-bond acceptors (Lipinski definition) is 5. The fraction of sp³-hybridized carbons (Fsp3) is 0.421. The van der Waals surface area contributed by atoms with Crippen molar-refractivity contribution in [2.24, 2.45) is 0 Å². The number of carbonyl (C=O) groups excluding carboxylic acids is 1. The molecule has 3 rings (SSSR count). The van der Waals surface area contributed by atoms with Gasteiger partial charge in [-0.3, -0.25) is 4.79 Å². The molecule has 0 amide bonds. The summed E-state index contributed by atoms with van der Waals surface area (Å²) in [5.41, 5.74) is 3.33. The van der Waals surface area contributed by atoms with Crippen molar-refractivity contribution in [3.63, 3.8) is 0 Å². The lowest BCUT2D eigenvalue weighted by molar-refractivity contribution is 0.101. The first kappa shape index (κ1) is 16.7. The van der Waals surface area contributed by atoms with Gasteiger partial charge in [0, 0.05) is 30.0 Å². The zero-order valence-corrected chi connectivity index (χ0v) is 14.9. The maximum Gasteiger partial charge on any atom is 0.159 e. The Kier molecular flexibility index (Phi) is 4.96. The van der Waals surface area contributed by atoms with Crippen molar-refractivity contribution in [3.8, 4) is 6.07 Å². The number of aromatic nitrogens is 1. The molecule has 2 heterocycles. The third kappa shape index (κ3) is 3.34. The zero-order chi connectivity index (χ0) is 17.1. The van der Waals surface area contributed by atoms with Crippen LogP contribution in [0, 0.1) is 11.3 Å². The van der Waals surface area contributed by atoms with Gasteiger partial charge in [-0.15, -0.1) is 11.3 Å². The van der Waals surface area contributed by atoms with Crippen LogP contribution in [-0.4, -0.2) is 23.9 Å². The summed E-state index contributed by atoms with van der Waals surface area (Å²) in [6, 6.07) is 7.62. The molecule has 1 atom stereocenters. The van der Waals surface area contributed by atoms with Crippen molar-refractivity contribution in [2.75, 3.05) is 18.0 Å². The van der Waals surface area contributed by atoms with E-state index in [-0.39, 0.29) is 5.78 Å². The summed E-state index contributed by atoms with van der Waals surface area (Å²) < 4.78 is 0. The Labute approximate surface area is 146 Å². The van der Waals surface area contributed by atoms with E-state index in [1.165, 1.54) is 5.01 Å². The Balaban J connectivity index is 1.88. The second-order valence-corrected chi connectivity index (χ2v) is 7.11. The molecule has 1 aliphatic rings. The summed E-state index contributed by atoms with van der Waals surface area (Å²) in [6.07, 6.45) is 3.16. The third-order valence-electron chi connectivity index (χ3n) is 4.57. The first-order valence-electron chi connectivity index (χ1n) is 8.36. The van der Waals surface area contributed by atoms with Gasteiger partial charge in [-0.2, -0.15) is 5.26 Å². The zero-order valence-electron chi connectivity index (χ0n) is 14.1. The van der Waals surface area contributed by atoms with Crippen LogP contribution in [0.5, 0.6) is 0 Å². The summed E-state index contributed by atoms with van der Waals surface area (Å²) in [4.78, 5) is 18.7. The molecule has 0 N–H and O–H groups in total. The number of anilines is 1. The fourth-order valence-electron chi connectivity index (χ4n) is 3.18. The maximum atomic E-state index is 11.7. The van der Waals surface area contributed by atoms with Crippen molar-refractivity contribution in [3.05, 3.63) is 45.4 Å². The van der Waals surface area contributed by atoms with E-state index in [0.29, 0.717) is 17.0 Å². The van der Waals surface area contributed by atoms with Crippen LogP contribution in [-0.2, 0) is 6.42 Å². The minimum Gasteiger partial charge on any atom is -0.370 e. The number of nitrogens with zero attached hydrogens (tertiary/aromatic N) is 3. The highest BCUT2D eigenvalue weighted by Gasteiger charge is 2.25. The van der Waals surface area contributed by atoms with Gasteiger partial charge in [0.15, 0.2) is 5.78 Å². The lowest BCUT2D eigenvalue weighted by Crippen LogP contribution is -2.35. The highest BCUT2D eigenvalue weighted by atomic mass is 32.1. The molecule has 5 heteroatoms. The molecular formula is C19H21N3OS. The summed E-state index contributed by atoms with van der Waals surface area (Å²) in [5, 5.41) is 12.8. The number of aryl methyl sites for hydroxylation is 1. The van der Waals surface area contributed by atoms with Gasteiger partial charge >= 0.3 is 0 Å². The number of nitriles is 1. The van der Waals surface area contributed by atoms with Crippen molar-refractivity contribution in [2.45, 2.75) is 39.0 Å². The van der Waals surface area contributed by atoms with Crippen molar-refractivity contribution in [1.82, 2.24) is 4.98 Å². The van der Waals surface area contributed by atoms with Crippen molar-refractivity contribution < 1.29 is 4.79 Å². The molecule has 0 aliphatic carbocycles. The van der Waals surface area contributed by atoms with Crippen LogP contribution in [0.1, 0.15) is 59.2 Å². The molecule has 0 saturated carbocycles. The average molecular weight is 339 g/mol. The van der Waals surface area contributed by atoms with Gasteiger partial charge in [-0.25, -0.2) is 4.98 Å². The third-order valence-corrected chi connectivity index (χ3v) is 5.62. The molecule has 124 valence electrons. The largest absolute Gasteiger partial charge is 0.370 e. The first-order chi connectivity index (χ1) is 11.6. The van der Waals surface area contributed by atoms with Gasteiger partial charge in [0.2, 0.25) is 0 Å². The van der Waals surface area contributed by atoms with Gasteiger partial charge in [0.25, 0.3) is 0 Å². The summed E-state index contributed by atoms with van der Waals surface area (Å²) >= 11 is 1.74. The van der Waals surface area contributed by atoms with E-state index in [1.807, 2.05) is 6.07 Å². The van der Waals surface area contributed by atoms with Crippen LogP contribution in [0.15, 0.2) is 23.6 Å². The molecular weight excluding hydrogens is 318 g/mol. The van der Waals surface area contributed by atoms with E-state index < -0.39 is 0 Å². The Morgan fingerprint density at radius 1 is 1.50 bits per heavy atom. The molecule has 1 fully saturated rings. The van der Waals surface area contributed by atoms with Crippen LogP contribution < -0.4 is 4.90 Å². The average Bonchev–Trinajstić information content (AvgIpc) is 3.10. The fourth-order valence-corrected chi connectivity index (χ4v) is 4.21. The van der Waals surface area contributed by atoms with E-state index >= 15 is 0 Å². The molecule has 0 spiro atoms. The van der Waals surface area contributed by atoms with Gasteiger partial charge < -0.3 is 4.90 Å². The standard InChI is InChI=1S/C19H21N3OS/c1-3-17-12-24-19(21-17)16-5-4-8-22(11-16)18-9-14(13(2)23)6-7-15(18)10-20/h6-7,9,12,16H,3-5,8,11H2,1-2H3. The van der Waals surface area contributed by atoms with E-state index in [9.17, 15) is 10.1 Å². The van der Waals surface area contributed by atoms with Crippen LogP contribution in [0.2, 0.25) is 0 Å². The van der Waals surface area contributed by atoms with Crippen LogP contribution >= 0.6 is 11.3 Å². The monoisotopic (exact) mass is 339 g/mol. The number of thiazole rings is 1. The minimum atomic E-state index is 0.0295. The number of ketones is 1. The Hall–Kier alpha value is -2.19. The summed E-state index contributed by atoms with van der Waals surface area (Å²) in [6.45, 7) is 5.45. The molecule has 0 radical (unpaired) electrons. The summed E-state index contributed by atoms with van der Waals surface area (Å²) in [5.74, 6) is 0.429. The highest BCUT2D eigenvalue weighted by molar-refractivity contribution is 7.09. The predicted octanol–water partition coefficient (Wildman–Crippen LogP) is 4.16. The normalized spacial score (nSPS) is 17.5. The van der Waals surface area contributed by atoms with Crippen LogP contribution in [0.4, 0.5) is 5.69 Å². The number of Topliss-reactive ketones (excluding diaryl/α,β-unsaturated/α-hetero) is 1. The van der Waals surface area contributed by atoms with Crippen molar-refractivity contribution in [1.29, 1.82) is 5.26 Å². The molecule has 4 nitrogen and oxygen atoms in total. The number of piperidine rings is 1. The second-order valence-electron chi connectivity index (χ2n) is 6.22. The van der Waals surface area contributed by atoms with E-state index in [4.69, 9.17) is 4.98 Å². The lowest BCUT2D eigenvalue weighted by Gasteiger charge is -2.34. The minimum absolute atomic E-state index is 0.0295. The maximum absolute atomic E-state index is 11.7. The molecule has 1 aromatic carbocycles. The highest BCUT2D eigenvalue weighted by Crippen LogP contribution is 2.33. The van der Waals surface area contributed by atoms with Gasteiger partial charge in [0.05, 0.1) is 22.0 Å². The van der Waals surface area contributed by atoms with E-state index in [1.54, 1.807) is 30.4 Å². The number of benzene rings is 1. The van der Waals surface area contributed by atoms with Gasteiger partial charge in [-0.05, 0) is 44.4 Å². The number of hydrogen-bond donors (Lipinski definition) is 0. The Bertz CT molecular complexity index is 790. The predicted molar refractivity (Wildman–Crippen MR) is 96.8 cm³/mol. The molecule has 1 unspecified atom stereocenters. The number of rotatable bonds is 4. The quantitative estimate of drug-likeness (QED) is 0.785. The molecule has 2 aromatic rings. The first-order valence-corrected chi connectivity index (χ1v) is 9.24. The molecule has 0 bridgehead atoms. The van der Waals surface area contributed by atoms with Gasteiger partial charge in [-0.1, -0.05) is 6.92 Å². The molecule has 24 heavy (non-hydrogen) atoms. The molecule has 1 aliphatic heterocycles. The molecule has 1 saturated heterocycles. The Morgan fingerprint density at radius 2 is 2.33 bits per heavy atom. The summed E-state index contributed by atoms with van der Waals surface area (Å²) in [7, 11) is 0. The number of carbonyl (C=O) groups is 1. The van der Waals surface area contributed by atoms with Crippen LogP contribution in [0.25, 0.3) is 0 Å². The Morgan fingerprint density at radius 3 is 3.00 bits per heavy atom. The SMILES string of the molecule is CCc1csc(C2CCCN(c3cc(C(C)=O)ccc3C#N)C2)n1. The lowest BCUT2D eigenvalue weighted by atomic mass is 9.96. The van der Waals surface area contributed by atoms with Gasteiger partial charge in [0.1, 0.15) is 6.07 Å². The van der Waals surface area contributed by atoms with Crippen LogP contribution in [0.3, 0.4) is 0 Å². The van der Waals surface area contributed by atoms with E-state index in [0.717, 1.165) is 43.7 Å². The van der Waals surface area contributed by atoms with E-state index in [2.05, 4.69) is 23.3 Å².